The normalized spacial score (nSPS) is 10.3. The summed E-state index contributed by atoms with van der Waals surface area (Å²) in [6.45, 7) is 1.56. The minimum atomic E-state index is -0.666. The lowest BCUT2D eigenvalue weighted by atomic mass is 10.2. The van der Waals surface area contributed by atoms with Crippen LogP contribution in [0.3, 0.4) is 0 Å². The van der Waals surface area contributed by atoms with Gasteiger partial charge in [0.05, 0.1) is 0 Å². The Morgan fingerprint density at radius 3 is 2.64 bits per heavy atom. The first-order chi connectivity index (χ1) is 12.1. The van der Waals surface area contributed by atoms with Gasteiger partial charge >= 0.3 is 5.97 Å². The van der Waals surface area contributed by atoms with Gasteiger partial charge in [-0.2, -0.15) is 11.8 Å². The smallest absolute Gasteiger partial charge is 0.355 e. The average Bonchev–Trinajstić information content (AvgIpc) is 3.11. The zero-order valence-electron chi connectivity index (χ0n) is 13.9. The molecule has 0 atom stereocenters. The number of Topliss-reactive ketones (excluding diaryl/α,β-unsaturated/α-hetero) is 1. The average molecular weight is 360 g/mol. The first-order valence-electron chi connectivity index (χ1n) is 7.81. The predicted molar refractivity (Wildman–Crippen MR) is 96.7 cm³/mol. The third-order valence-corrected chi connectivity index (χ3v) is 4.35. The number of benzene rings is 1. The number of aromatic amines is 1. The van der Waals surface area contributed by atoms with Gasteiger partial charge in [-0.15, -0.1) is 0 Å². The van der Waals surface area contributed by atoms with Gasteiger partial charge in [-0.25, -0.2) is 4.79 Å². The number of amides is 1. The molecule has 0 fully saturated rings. The molecule has 0 bridgehead atoms. The van der Waals surface area contributed by atoms with Crippen LogP contribution in [0.2, 0.25) is 0 Å². The molecule has 25 heavy (non-hydrogen) atoms. The van der Waals surface area contributed by atoms with E-state index in [4.69, 9.17) is 4.74 Å². The van der Waals surface area contributed by atoms with Crippen molar-refractivity contribution in [3.05, 3.63) is 59.4 Å². The Morgan fingerprint density at radius 1 is 1.20 bits per heavy atom. The minimum absolute atomic E-state index is 0.149. The Balaban J connectivity index is 1.60. The van der Waals surface area contributed by atoms with Gasteiger partial charge in [0.1, 0.15) is 5.69 Å². The number of H-pyrrole nitrogens is 1. The lowest BCUT2D eigenvalue weighted by Crippen LogP contribution is -2.30. The highest BCUT2D eigenvalue weighted by Crippen LogP contribution is 2.10. The molecule has 2 N–H and O–H groups in total. The zero-order valence-corrected chi connectivity index (χ0v) is 14.7. The highest BCUT2D eigenvalue weighted by atomic mass is 32.2. The third-order valence-electron chi connectivity index (χ3n) is 3.32. The summed E-state index contributed by atoms with van der Waals surface area (Å²) in [5.41, 5.74) is 1.78. The van der Waals surface area contributed by atoms with E-state index in [9.17, 15) is 14.4 Å². The van der Waals surface area contributed by atoms with Gasteiger partial charge in [0.2, 0.25) is 0 Å². The number of rotatable bonds is 9. The Kier molecular flexibility index (Phi) is 7.28. The zero-order chi connectivity index (χ0) is 18.1. The van der Waals surface area contributed by atoms with Crippen LogP contribution >= 0.6 is 11.8 Å². The number of hydrogen-bond acceptors (Lipinski definition) is 5. The molecule has 6 nitrogen and oxygen atoms in total. The summed E-state index contributed by atoms with van der Waals surface area (Å²) in [6, 6.07) is 11.5. The van der Waals surface area contributed by atoms with Crippen LogP contribution in [0.25, 0.3) is 0 Å². The Bertz CT molecular complexity index is 728. The molecule has 1 aromatic carbocycles. The van der Waals surface area contributed by atoms with Crippen molar-refractivity contribution in [3.8, 4) is 0 Å². The van der Waals surface area contributed by atoms with Crippen molar-refractivity contribution in [1.29, 1.82) is 0 Å². The molecule has 0 aliphatic heterocycles. The topological polar surface area (TPSA) is 88.3 Å². The maximum absolute atomic E-state index is 11.8. The van der Waals surface area contributed by atoms with Crippen molar-refractivity contribution in [2.24, 2.45) is 0 Å². The molecular formula is C18H20N2O4S. The molecule has 132 valence electrons. The summed E-state index contributed by atoms with van der Waals surface area (Å²) in [5.74, 6) is 0.485. The maximum atomic E-state index is 11.8. The Labute approximate surface area is 150 Å². The molecule has 0 spiro atoms. The van der Waals surface area contributed by atoms with E-state index in [2.05, 4.69) is 22.4 Å². The summed E-state index contributed by atoms with van der Waals surface area (Å²) in [5, 5.41) is 2.70. The highest BCUT2D eigenvalue weighted by molar-refractivity contribution is 7.98. The van der Waals surface area contributed by atoms with Crippen molar-refractivity contribution < 1.29 is 19.1 Å². The lowest BCUT2D eigenvalue weighted by Gasteiger charge is -2.06. The van der Waals surface area contributed by atoms with E-state index in [1.165, 1.54) is 24.8 Å². The molecule has 0 saturated carbocycles. The van der Waals surface area contributed by atoms with Crippen LogP contribution in [-0.4, -0.2) is 41.5 Å². The molecule has 7 heteroatoms. The number of aromatic nitrogens is 1. The number of ketones is 1. The summed E-state index contributed by atoms with van der Waals surface area (Å²) in [4.78, 5) is 37.3. The minimum Gasteiger partial charge on any atom is -0.451 e. The quantitative estimate of drug-likeness (QED) is 0.407. The summed E-state index contributed by atoms with van der Waals surface area (Å²) in [7, 11) is 0. The van der Waals surface area contributed by atoms with Gasteiger partial charge in [0, 0.05) is 29.8 Å². The van der Waals surface area contributed by atoms with Gasteiger partial charge in [0.15, 0.2) is 12.4 Å². The number of ether oxygens (including phenoxy) is 1. The molecule has 2 aromatic rings. The van der Waals surface area contributed by atoms with E-state index in [1.807, 2.05) is 18.2 Å². The fourth-order valence-corrected chi connectivity index (χ4v) is 2.82. The van der Waals surface area contributed by atoms with Gasteiger partial charge in [-0.05, 0) is 18.6 Å². The Morgan fingerprint density at radius 2 is 1.96 bits per heavy atom. The fourth-order valence-electron chi connectivity index (χ4n) is 2.00. The number of thioether (sulfide) groups is 1. The van der Waals surface area contributed by atoms with Gasteiger partial charge in [0.25, 0.3) is 5.91 Å². The summed E-state index contributed by atoms with van der Waals surface area (Å²) in [6.07, 6.45) is 1.43. The standard InChI is InChI=1S/C18H20N2O4S/c1-13(21)15-9-16(20-10-15)18(23)24-11-17(22)19-7-8-25-12-14-5-3-2-4-6-14/h2-6,9-10,20H,7-8,11-12H2,1H3,(H,19,22). The van der Waals surface area contributed by atoms with Crippen molar-refractivity contribution in [1.82, 2.24) is 10.3 Å². The number of hydrogen-bond donors (Lipinski definition) is 2. The van der Waals surface area contributed by atoms with E-state index in [-0.39, 0.29) is 24.0 Å². The number of carbonyl (C=O) groups is 3. The third kappa shape index (κ3) is 6.46. The monoisotopic (exact) mass is 360 g/mol. The van der Waals surface area contributed by atoms with E-state index in [1.54, 1.807) is 11.8 Å². The van der Waals surface area contributed by atoms with Crippen molar-refractivity contribution in [2.75, 3.05) is 18.9 Å². The first-order valence-corrected chi connectivity index (χ1v) is 8.96. The highest BCUT2D eigenvalue weighted by Gasteiger charge is 2.13. The summed E-state index contributed by atoms with van der Waals surface area (Å²) >= 11 is 1.72. The summed E-state index contributed by atoms with van der Waals surface area (Å²) < 4.78 is 4.91. The van der Waals surface area contributed by atoms with Crippen LogP contribution in [0.1, 0.15) is 33.3 Å². The van der Waals surface area contributed by atoms with E-state index in [0.717, 1.165) is 11.5 Å². The molecule has 1 heterocycles. The van der Waals surface area contributed by atoms with Crippen LogP contribution in [0.4, 0.5) is 0 Å². The molecule has 1 aromatic heterocycles. The molecule has 2 rings (SSSR count). The van der Waals surface area contributed by atoms with Crippen LogP contribution in [0, 0.1) is 0 Å². The Hall–Kier alpha value is -2.54. The molecule has 1 amide bonds. The molecule has 0 unspecified atom stereocenters. The first kappa shape index (κ1) is 18.8. The van der Waals surface area contributed by atoms with E-state index < -0.39 is 5.97 Å². The number of nitrogens with one attached hydrogen (secondary N) is 2. The van der Waals surface area contributed by atoms with Crippen LogP contribution < -0.4 is 5.32 Å². The molecule has 0 aliphatic carbocycles. The second kappa shape index (κ2) is 9.68. The molecular weight excluding hydrogens is 340 g/mol. The van der Waals surface area contributed by atoms with Crippen LogP contribution in [0.15, 0.2) is 42.6 Å². The van der Waals surface area contributed by atoms with Crippen molar-refractivity contribution >= 4 is 29.4 Å². The number of carbonyl (C=O) groups excluding carboxylic acids is 3. The molecule has 0 aliphatic rings. The van der Waals surface area contributed by atoms with Gasteiger partial charge in [-0.1, -0.05) is 30.3 Å². The van der Waals surface area contributed by atoms with Gasteiger partial charge in [-0.3, -0.25) is 9.59 Å². The number of esters is 1. The molecule has 0 saturated heterocycles. The second-order valence-corrected chi connectivity index (χ2v) is 6.43. The van der Waals surface area contributed by atoms with E-state index >= 15 is 0 Å². The molecule has 0 radical (unpaired) electrons. The SMILES string of the molecule is CC(=O)c1c[nH]c(C(=O)OCC(=O)NCCSCc2ccccc2)c1. The van der Waals surface area contributed by atoms with Crippen molar-refractivity contribution in [2.45, 2.75) is 12.7 Å². The van der Waals surface area contributed by atoms with Crippen LogP contribution in [-0.2, 0) is 15.3 Å². The predicted octanol–water partition coefficient (Wildman–Crippen LogP) is 2.42. The lowest BCUT2D eigenvalue weighted by molar-refractivity contribution is -0.124. The largest absolute Gasteiger partial charge is 0.451 e. The van der Waals surface area contributed by atoms with E-state index in [0.29, 0.717) is 12.1 Å². The van der Waals surface area contributed by atoms with Crippen LogP contribution in [0.5, 0.6) is 0 Å². The second-order valence-electron chi connectivity index (χ2n) is 5.32. The van der Waals surface area contributed by atoms with Gasteiger partial charge < -0.3 is 15.0 Å². The maximum Gasteiger partial charge on any atom is 0.355 e. The van der Waals surface area contributed by atoms with Crippen molar-refractivity contribution in [3.63, 3.8) is 0 Å². The fraction of sp³-hybridized carbons (Fsp3) is 0.278.